The average Bonchev–Trinajstić information content (AvgIpc) is 2.57. The van der Waals surface area contributed by atoms with Crippen molar-refractivity contribution in [3.8, 4) is 17.2 Å². The molecular weight excluding hydrogens is 274 g/mol. The number of ether oxygens (including phenoxy) is 2. The summed E-state index contributed by atoms with van der Waals surface area (Å²) in [6.07, 6.45) is 4.00. The number of hydrogen-bond donors (Lipinski definition) is 0. The SMILES string of the molecule is COc1ccccc1Oc1cccc(CN2CCCCC2)c1. The van der Waals surface area contributed by atoms with Gasteiger partial charge in [-0.2, -0.15) is 0 Å². The molecule has 0 atom stereocenters. The lowest BCUT2D eigenvalue weighted by Crippen LogP contribution is -2.29. The van der Waals surface area contributed by atoms with Gasteiger partial charge in [0.1, 0.15) is 5.75 Å². The standard InChI is InChI=1S/C19H23NO2/c1-21-18-10-3-4-11-19(18)22-17-9-7-8-16(14-17)15-20-12-5-2-6-13-20/h3-4,7-11,14H,2,5-6,12-13,15H2,1H3. The van der Waals surface area contributed by atoms with Gasteiger partial charge in [-0.15, -0.1) is 0 Å². The van der Waals surface area contributed by atoms with Crippen molar-refractivity contribution in [2.75, 3.05) is 20.2 Å². The molecule has 22 heavy (non-hydrogen) atoms. The fourth-order valence-corrected chi connectivity index (χ4v) is 2.91. The number of para-hydroxylation sites is 2. The summed E-state index contributed by atoms with van der Waals surface area (Å²) in [5, 5.41) is 0. The number of likely N-dealkylation sites (tertiary alicyclic amines) is 1. The van der Waals surface area contributed by atoms with Crippen molar-refractivity contribution >= 4 is 0 Å². The fourth-order valence-electron chi connectivity index (χ4n) is 2.91. The predicted octanol–water partition coefficient (Wildman–Crippen LogP) is 4.47. The molecule has 0 aromatic heterocycles. The minimum atomic E-state index is 0.750. The third-order valence-corrected chi connectivity index (χ3v) is 4.05. The van der Waals surface area contributed by atoms with E-state index >= 15 is 0 Å². The molecule has 1 aliphatic heterocycles. The maximum atomic E-state index is 5.99. The Kier molecular flexibility index (Phi) is 4.96. The van der Waals surface area contributed by atoms with E-state index in [4.69, 9.17) is 9.47 Å². The highest BCUT2D eigenvalue weighted by Gasteiger charge is 2.11. The first-order valence-corrected chi connectivity index (χ1v) is 7.97. The molecule has 0 amide bonds. The van der Waals surface area contributed by atoms with Gasteiger partial charge in [0, 0.05) is 6.54 Å². The van der Waals surface area contributed by atoms with Crippen molar-refractivity contribution < 1.29 is 9.47 Å². The lowest BCUT2D eigenvalue weighted by molar-refractivity contribution is 0.220. The van der Waals surface area contributed by atoms with Gasteiger partial charge in [-0.05, 0) is 55.8 Å². The Labute approximate surface area is 132 Å². The number of methoxy groups -OCH3 is 1. The Morgan fingerprint density at radius 3 is 2.45 bits per heavy atom. The van der Waals surface area contributed by atoms with E-state index in [2.05, 4.69) is 23.1 Å². The second kappa shape index (κ2) is 7.32. The molecule has 1 aliphatic rings. The van der Waals surface area contributed by atoms with Crippen LogP contribution < -0.4 is 9.47 Å². The number of benzene rings is 2. The van der Waals surface area contributed by atoms with Crippen LogP contribution in [0.2, 0.25) is 0 Å². The van der Waals surface area contributed by atoms with E-state index in [0.717, 1.165) is 23.8 Å². The molecular formula is C19H23NO2. The molecule has 1 saturated heterocycles. The summed E-state index contributed by atoms with van der Waals surface area (Å²) in [5.41, 5.74) is 1.30. The Bertz CT molecular complexity index is 606. The average molecular weight is 297 g/mol. The fraction of sp³-hybridized carbons (Fsp3) is 0.368. The number of rotatable bonds is 5. The van der Waals surface area contributed by atoms with Crippen molar-refractivity contribution in [1.82, 2.24) is 4.90 Å². The van der Waals surface area contributed by atoms with Gasteiger partial charge in [-0.25, -0.2) is 0 Å². The van der Waals surface area contributed by atoms with Gasteiger partial charge >= 0.3 is 0 Å². The largest absolute Gasteiger partial charge is 0.493 e. The Hall–Kier alpha value is -2.00. The Morgan fingerprint density at radius 1 is 0.909 bits per heavy atom. The predicted molar refractivity (Wildman–Crippen MR) is 88.6 cm³/mol. The van der Waals surface area contributed by atoms with Gasteiger partial charge in [0.05, 0.1) is 7.11 Å². The van der Waals surface area contributed by atoms with Crippen LogP contribution in [-0.2, 0) is 6.54 Å². The molecule has 2 aromatic carbocycles. The van der Waals surface area contributed by atoms with Gasteiger partial charge in [0.25, 0.3) is 0 Å². The van der Waals surface area contributed by atoms with Gasteiger partial charge in [0.2, 0.25) is 0 Å². The summed E-state index contributed by atoms with van der Waals surface area (Å²) in [6, 6.07) is 16.1. The number of hydrogen-bond acceptors (Lipinski definition) is 3. The maximum Gasteiger partial charge on any atom is 0.169 e. The van der Waals surface area contributed by atoms with Crippen LogP contribution in [0.15, 0.2) is 48.5 Å². The van der Waals surface area contributed by atoms with Crippen molar-refractivity contribution in [3.05, 3.63) is 54.1 Å². The van der Waals surface area contributed by atoms with Gasteiger partial charge < -0.3 is 9.47 Å². The molecule has 0 spiro atoms. The van der Waals surface area contributed by atoms with Crippen LogP contribution in [0.1, 0.15) is 24.8 Å². The van der Waals surface area contributed by atoms with Crippen LogP contribution in [0.25, 0.3) is 0 Å². The van der Waals surface area contributed by atoms with Crippen LogP contribution in [0.4, 0.5) is 0 Å². The zero-order valence-corrected chi connectivity index (χ0v) is 13.1. The third kappa shape index (κ3) is 3.80. The summed E-state index contributed by atoms with van der Waals surface area (Å²) in [6.45, 7) is 3.41. The third-order valence-electron chi connectivity index (χ3n) is 4.05. The Balaban J connectivity index is 1.70. The van der Waals surface area contributed by atoms with Gasteiger partial charge in [-0.1, -0.05) is 30.7 Å². The summed E-state index contributed by atoms with van der Waals surface area (Å²) in [5.74, 6) is 2.36. The molecule has 0 N–H and O–H groups in total. The maximum absolute atomic E-state index is 5.99. The number of nitrogens with zero attached hydrogens (tertiary/aromatic N) is 1. The first-order valence-electron chi connectivity index (χ1n) is 7.97. The van der Waals surface area contributed by atoms with Crippen LogP contribution in [0.3, 0.4) is 0 Å². The molecule has 0 saturated carbocycles. The molecule has 3 nitrogen and oxygen atoms in total. The highest BCUT2D eigenvalue weighted by Crippen LogP contribution is 2.31. The molecule has 3 rings (SSSR count). The van der Waals surface area contributed by atoms with E-state index in [9.17, 15) is 0 Å². The van der Waals surface area contributed by atoms with Crippen LogP contribution in [0, 0.1) is 0 Å². The highest BCUT2D eigenvalue weighted by molar-refractivity contribution is 5.43. The van der Waals surface area contributed by atoms with Crippen LogP contribution in [0.5, 0.6) is 17.2 Å². The second-order valence-corrected chi connectivity index (χ2v) is 5.74. The first kappa shape index (κ1) is 14.9. The van der Waals surface area contributed by atoms with E-state index in [1.807, 2.05) is 30.3 Å². The molecule has 1 fully saturated rings. The van der Waals surface area contributed by atoms with Crippen molar-refractivity contribution in [1.29, 1.82) is 0 Å². The Morgan fingerprint density at radius 2 is 1.68 bits per heavy atom. The van der Waals surface area contributed by atoms with E-state index < -0.39 is 0 Å². The van der Waals surface area contributed by atoms with E-state index in [1.165, 1.54) is 37.9 Å². The summed E-state index contributed by atoms with van der Waals surface area (Å²) in [4.78, 5) is 2.52. The number of piperidine rings is 1. The molecule has 0 radical (unpaired) electrons. The van der Waals surface area contributed by atoms with E-state index in [-0.39, 0.29) is 0 Å². The molecule has 0 bridgehead atoms. The van der Waals surface area contributed by atoms with Crippen molar-refractivity contribution in [2.24, 2.45) is 0 Å². The summed E-state index contributed by atoms with van der Waals surface area (Å²) < 4.78 is 11.3. The molecule has 0 aliphatic carbocycles. The zero-order chi connectivity index (χ0) is 15.2. The molecule has 3 heteroatoms. The highest BCUT2D eigenvalue weighted by atomic mass is 16.5. The molecule has 1 heterocycles. The van der Waals surface area contributed by atoms with E-state index in [0.29, 0.717) is 0 Å². The quantitative estimate of drug-likeness (QED) is 0.812. The minimum Gasteiger partial charge on any atom is -0.493 e. The second-order valence-electron chi connectivity index (χ2n) is 5.74. The van der Waals surface area contributed by atoms with Crippen LogP contribution in [-0.4, -0.2) is 25.1 Å². The van der Waals surface area contributed by atoms with E-state index in [1.54, 1.807) is 7.11 Å². The normalized spacial score (nSPS) is 15.5. The molecule has 0 unspecified atom stereocenters. The lowest BCUT2D eigenvalue weighted by Gasteiger charge is -2.26. The molecule has 2 aromatic rings. The smallest absolute Gasteiger partial charge is 0.169 e. The summed E-state index contributed by atoms with van der Waals surface area (Å²) in [7, 11) is 1.66. The van der Waals surface area contributed by atoms with Gasteiger partial charge in [-0.3, -0.25) is 4.90 Å². The van der Waals surface area contributed by atoms with Crippen LogP contribution >= 0.6 is 0 Å². The monoisotopic (exact) mass is 297 g/mol. The first-order chi connectivity index (χ1) is 10.8. The van der Waals surface area contributed by atoms with Gasteiger partial charge in [0.15, 0.2) is 11.5 Å². The zero-order valence-electron chi connectivity index (χ0n) is 13.1. The molecule has 116 valence electrons. The van der Waals surface area contributed by atoms with Crippen molar-refractivity contribution in [3.63, 3.8) is 0 Å². The van der Waals surface area contributed by atoms with Crippen molar-refractivity contribution in [2.45, 2.75) is 25.8 Å². The summed E-state index contributed by atoms with van der Waals surface area (Å²) >= 11 is 0. The lowest BCUT2D eigenvalue weighted by atomic mass is 10.1. The topological polar surface area (TPSA) is 21.7 Å². The minimum absolute atomic E-state index is 0.750.